The summed E-state index contributed by atoms with van der Waals surface area (Å²) >= 11 is 4.77. The number of nitrogens with zero attached hydrogens (tertiary/aromatic N) is 1. The van der Waals surface area contributed by atoms with Crippen molar-refractivity contribution >= 4 is 17.7 Å². The summed E-state index contributed by atoms with van der Waals surface area (Å²) in [5.41, 5.74) is 6.08. The molecular weight excluding hydrogens is 192 g/mol. The zero-order chi connectivity index (χ0) is 9.80. The molecule has 1 aliphatic heterocycles. The van der Waals surface area contributed by atoms with Crippen LogP contribution in [0.25, 0.3) is 0 Å². The molecule has 1 heterocycles. The Kier molecular flexibility index (Phi) is 3.11. The molecule has 1 fully saturated rings. The molecule has 0 amide bonds. The van der Waals surface area contributed by atoms with Crippen LogP contribution in [0.1, 0.15) is 17.9 Å². The highest BCUT2D eigenvalue weighted by Crippen LogP contribution is 2.25. The number of thiocarbonyl (C=S) groups is 1. The lowest BCUT2D eigenvalue weighted by molar-refractivity contribution is 0.297. The minimum absolute atomic E-state index is 0.652. The van der Waals surface area contributed by atoms with Crippen molar-refractivity contribution in [1.29, 1.82) is 0 Å². The highest BCUT2D eigenvalue weighted by atomic mass is 32.1. The van der Waals surface area contributed by atoms with E-state index in [-0.39, 0.29) is 0 Å². The van der Waals surface area contributed by atoms with Crippen molar-refractivity contribution in [3.63, 3.8) is 0 Å². The topological polar surface area (TPSA) is 15.3 Å². The molecular formula is C11H14N2S. The molecule has 0 radical (unpaired) electrons. The molecule has 2 nitrogen and oxygen atoms in total. The standard InChI is InChI=1S/C11H14N2S/c14-9-12-13-7-6-11(8-13)10-4-2-1-3-5-10/h1-5,9,11H,6-8H2,(H,12,14)/t11-/m0/s1. The van der Waals surface area contributed by atoms with Crippen molar-refractivity contribution < 1.29 is 0 Å². The SMILES string of the molecule is S=CNN1CC[C@H](c2ccccc2)C1. The van der Waals surface area contributed by atoms with Crippen molar-refractivity contribution in [2.24, 2.45) is 0 Å². The first kappa shape index (κ1) is 9.62. The van der Waals surface area contributed by atoms with E-state index in [2.05, 4.69) is 40.8 Å². The van der Waals surface area contributed by atoms with E-state index in [9.17, 15) is 0 Å². The third-order valence-corrected chi connectivity index (χ3v) is 2.80. The Hall–Kier alpha value is -0.930. The van der Waals surface area contributed by atoms with Gasteiger partial charge in [-0.3, -0.25) is 0 Å². The Labute approximate surface area is 89.9 Å². The molecule has 1 N–H and O–H groups in total. The number of hydrazine groups is 1. The summed E-state index contributed by atoms with van der Waals surface area (Å²) in [4.78, 5) is 0. The van der Waals surface area contributed by atoms with E-state index < -0.39 is 0 Å². The number of hydrogen-bond donors (Lipinski definition) is 1. The first-order valence-electron chi connectivity index (χ1n) is 4.90. The van der Waals surface area contributed by atoms with Gasteiger partial charge in [0.25, 0.3) is 0 Å². The molecule has 1 atom stereocenters. The summed E-state index contributed by atoms with van der Waals surface area (Å²) in [5, 5.41) is 2.17. The van der Waals surface area contributed by atoms with E-state index in [0.29, 0.717) is 5.92 Å². The smallest absolute Gasteiger partial charge is 0.0759 e. The van der Waals surface area contributed by atoms with Crippen LogP contribution in [0.15, 0.2) is 30.3 Å². The minimum atomic E-state index is 0.652. The van der Waals surface area contributed by atoms with Crippen LogP contribution in [-0.4, -0.2) is 23.6 Å². The second-order valence-corrected chi connectivity index (χ2v) is 3.82. The monoisotopic (exact) mass is 206 g/mol. The average molecular weight is 206 g/mol. The Morgan fingerprint density at radius 2 is 2.14 bits per heavy atom. The van der Waals surface area contributed by atoms with Crippen molar-refractivity contribution in [1.82, 2.24) is 10.4 Å². The van der Waals surface area contributed by atoms with Crippen molar-refractivity contribution in [3.8, 4) is 0 Å². The molecule has 0 saturated carbocycles. The normalized spacial score (nSPS) is 22.1. The van der Waals surface area contributed by atoms with Crippen LogP contribution in [0.4, 0.5) is 0 Å². The Morgan fingerprint density at radius 1 is 1.36 bits per heavy atom. The molecule has 1 aliphatic rings. The van der Waals surface area contributed by atoms with Gasteiger partial charge >= 0.3 is 0 Å². The fourth-order valence-electron chi connectivity index (χ4n) is 1.95. The number of benzene rings is 1. The van der Waals surface area contributed by atoms with E-state index in [1.165, 1.54) is 12.0 Å². The second kappa shape index (κ2) is 4.53. The molecule has 74 valence electrons. The maximum Gasteiger partial charge on any atom is 0.0759 e. The maximum atomic E-state index is 4.77. The molecule has 0 spiro atoms. The summed E-state index contributed by atoms with van der Waals surface area (Å²) in [5.74, 6) is 0.652. The summed E-state index contributed by atoms with van der Waals surface area (Å²) < 4.78 is 0. The largest absolute Gasteiger partial charge is 0.315 e. The lowest BCUT2D eigenvalue weighted by Crippen LogP contribution is -2.33. The molecule has 0 aromatic heterocycles. The van der Waals surface area contributed by atoms with E-state index >= 15 is 0 Å². The zero-order valence-electron chi connectivity index (χ0n) is 8.02. The van der Waals surface area contributed by atoms with Crippen LogP contribution in [0.3, 0.4) is 0 Å². The van der Waals surface area contributed by atoms with Crippen molar-refractivity contribution in [2.75, 3.05) is 13.1 Å². The molecule has 0 aliphatic carbocycles. The molecule has 0 unspecified atom stereocenters. The highest BCUT2D eigenvalue weighted by molar-refractivity contribution is 7.78. The Bertz CT molecular complexity index is 299. The van der Waals surface area contributed by atoms with Crippen LogP contribution < -0.4 is 5.43 Å². The predicted molar refractivity (Wildman–Crippen MR) is 62.2 cm³/mol. The van der Waals surface area contributed by atoms with Gasteiger partial charge in [-0.25, -0.2) is 5.01 Å². The van der Waals surface area contributed by atoms with Gasteiger partial charge in [-0.2, -0.15) is 0 Å². The predicted octanol–water partition coefficient (Wildman–Crippen LogP) is 1.94. The molecule has 3 heteroatoms. The summed E-state index contributed by atoms with van der Waals surface area (Å²) in [7, 11) is 0. The molecule has 1 saturated heterocycles. The zero-order valence-corrected chi connectivity index (χ0v) is 8.83. The summed E-state index contributed by atoms with van der Waals surface area (Å²) in [6.07, 6.45) is 1.21. The van der Waals surface area contributed by atoms with E-state index in [0.717, 1.165) is 13.1 Å². The first-order valence-corrected chi connectivity index (χ1v) is 5.37. The third-order valence-electron chi connectivity index (χ3n) is 2.69. The van der Waals surface area contributed by atoms with Gasteiger partial charge in [-0.05, 0) is 17.9 Å². The Balaban J connectivity index is 1.99. The summed E-state index contributed by atoms with van der Waals surface area (Å²) in [6.45, 7) is 2.13. The molecule has 0 bridgehead atoms. The molecule has 2 rings (SSSR count). The van der Waals surface area contributed by atoms with Crippen LogP contribution in [0.2, 0.25) is 0 Å². The second-order valence-electron chi connectivity index (χ2n) is 3.59. The van der Waals surface area contributed by atoms with Crippen LogP contribution in [0.5, 0.6) is 0 Å². The quantitative estimate of drug-likeness (QED) is 0.761. The molecule has 1 aromatic carbocycles. The van der Waals surface area contributed by atoms with Gasteiger partial charge in [0.1, 0.15) is 0 Å². The van der Waals surface area contributed by atoms with Crippen molar-refractivity contribution in [2.45, 2.75) is 12.3 Å². The van der Waals surface area contributed by atoms with Crippen LogP contribution >= 0.6 is 12.2 Å². The van der Waals surface area contributed by atoms with E-state index in [4.69, 9.17) is 12.2 Å². The Morgan fingerprint density at radius 3 is 2.86 bits per heavy atom. The summed E-state index contributed by atoms with van der Waals surface area (Å²) in [6, 6.07) is 10.7. The fraction of sp³-hybridized carbons (Fsp3) is 0.364. The number of rotatable bonds is 3. The number of nitrogens with one attached hydrogen (secondary N) is 1. The average Bonchev–Trinajstić information content (AvgIpc) is 2.68. The lowest BCUT2D eigenvalue weighted by Gasteiger charge is -2.14. The van der Waals surface area contributed by atoms with Crippen LogP contribution in [0, 0.1) is 0 Å². The third kappa shape index (κ3) is 2.11. The van der Waals surface area contributed by atoms with Gasteiger partial charge in [-0.1, -0.05) is 42.5 Å². The first-order chi connectivity index (χ1) is 6.90. The van der Waals surface area contributed by atoms with Gasteiger partial charge in [0.2, 0.25) is 0 Å². The fourth-order valence-corrected chi connectivity index (χ4v) is 2.10. The van der Waals surface area contributed by atoms with Gasteiger partial charge in [0, 0.05) is 13.1 Å². The van der Waals surface area contributed by atoms with E-state index in [1.807, 2.05) is 0 Å². The van der Waals surface area contributed by atoms with Gasteiger partial charge in [0.15, 0.2) is 0 Å². The van der Waals surface area contributed by atoms with Crippen molar-refractivity contribution in [3.05, 3.63) is 35.9 Å². The number of hydrogen-bond acceptors (Lipinski definition) is 2. The van der Waals surface area contributed by atoms with Crippen LogP contribution in [-0.2, 0) is 0 Å². The van der Waals surface area contributed by atoms with Gasteiger partial charge in [-0.15, -0.1) is 0 Å². The highest BCUT2D eigenvalue weighted by Gasteiger charge is 2.22. The van der Waals surface area contributed by atoms with Gasteiger partial charge < -0.3 is 5.43 Å². The van der Waals surface area contributed by atoms with Gasteiger partial charge in [0.05, 0.1) is 5.49 Å². The lowest BCUT2D eigenvalue weighted by atomic mass is 9.99. The maximum absolute atomic E-state index is 4.77. The minimum Gasteiger partial charge on any atom is -0.315 e. The molecule has 14 heavy (non-hydrogen) atoms. The molecule has 1 aromatic rings. The van der Waals surface area contributed by atoms with E-state index in [1.54, 1.807) is 5.49 Å².